The van der Waals surface area contributed by atoms with Gasteiger partial charge in [-0.1, -0.05) is 286 Å². The number of carbonyl (C=O) groups excluding carboxylic acids is 3. The van der Waals surface area contributed by atoms with Crippen LogP contribution in [-0.2, 0) is 28.6 Å². The number of allylic oxidation sites excluding steroid dienone is 12. The molecule has 71 heavy (non-hydrogen) atoms. The third-order valence-electron chi connectivity index (χ3n) is 13.2. The number of hydrogen-bond donors (Lipinski definition) is 0. The van der Waals surface area contributed by atoms with Crippen molar-refractivity contribution in [1.29, 1.82) is 0 Å². The van der Waals surface area contributed by atoms with Crippen LogP contribution in [0.1, 0.15) is 303 Å². The first-order valence-electron chi connectivity index (χ1n) is 30.4. The predicted molar refractivity (Wildman–Crippen MR) is 307 cm³/mol. The van der Waals surface area contributed by atoms with E-state index in [-0.39, 0.29) is 31.1 Å². The zero-order chi connectivity index (χ0) is 51.4. The molecule has 6 nitrogen and oxygen atoms in total. The maximum absolute atomic E-state index is 12.9. The molecule has 410 valence electrons. The summed E-state index contributed by atoms with van der Waals surface area (Å²) in [6, 6.07) is 0. The molecule has 0 aliphatic rings. The fraction of sp³-hybridized carbons (Fsp3) is 0.769. The lowest BCUT2D eigenvalue weighted by Crippen LogP contribution is -2.30. The summed E-state index contributed by atoms with van der Waals surface area (Å²) in [7, 11) is 0. The van der Waals surface area contributed by atoms with Crippen LogP contribution in [0.4, 0.5) is 0 Å². The first kappa shape index (κ1) is 67.8. The van der Waals surface area contributed by atoms with E-state index in [1.807, 2.05) is 0 Å². The van der Waals surface area contributed by atoms with Gasteiger partial charge in [0.2, 0.25) is 0 Å². The smallest absolute Gasteiger partial charge is 0.306 e. The van der Waals surface area contributed by atoms with Gasteiger partial charge >= 0.3 is 17.9 Å². The molecule has 0 saturated heterocycles. The molecular weight excluding hydrogens is 877 g/mol. The van der Waals surface area contributed by atoms with Gasteiger partial charge in [0.05, 0.1) is 0 Å². The van der Waals surface area contributed by atoms with Crippen LogP contribution in [0, 0.1) is 0 Å². The second kappa shape index (κ2) is 59.4. The SMILES string of the molecule is CC/C=C\C/C=C\C/C=C\C/C=C\C/C=C\C/C=C\CCCCCCCCCCC(=O)OCC(COC(=O)CCCCCCCCCCCC)OC(=O)CCCCCCCCCCCCCCCCCC. The summed E-state index contributed by atoms with van der Waals surface area (Å²) in [6.45, 7) is 6.54. The van der Waals surface area contributed by atoms with Crippen LogP contribution in [0.2, 0.25) is 0 Å². The monoisotopic (exact) mass is 991 g/mol. The van der Waals surface area contributed by atoms with Crippen molar-refractivity contribution < 1.29 is 28.6 Å². The van der Waals surface area contributed by atoms with Gasteiger partial charge in [-0.05, 0) is 70.6 Å². The molecule has 0 aromatic carbocycles. The third-order valence-corrected chi connectivity index (χ3v) is 13.2. The second-order valence-electron chi connectivity index (χ2n) is 20.2. The Labute approximate surface area is 440 Å². The minimum atomic E-state index is -0.774. The number of hydrogen-bond acceptors (Lipinski definition) is 6. The molecule has 0 heterocycles. The minimum absolute atomic E-state index is 0.0735. The molecule has 1 unspecified atom stereocenters. The number of carbonyl (C=O) groups is 3. The Balaban J connectivity index is 4.24. The molecule has 6 heteroatoms. The highest BCUT2D eigenvalue weighted by Crippen LogP contribution is 2.16. The van der Waals surface area contributed by atoms with Crippen LogP contribution < -0.4 is 0 Å². The first-order valence-corrected chi connectivity index (χ1v) is 30.4. The summed E-state index contributed by atoms with van der Waals surface area (Å²) in [6.07, 6.45) is 76.2. The highest BCUT2D eigenvalue weighted by Gasteiger charge is 2.19. The van der Waals surface area contributed by atoms with Crippen molar-refractivity contribution in [3.05, 3.63) is 72.9 Å². The van der Waals surface area contributed by atoms with Crippen molar-refractivity contribution in [2.45, 2.75) is 309 Å². The van der Waals surface area contributed by atoms with E-state index in [0.29, 0.717) is 19.3 Å². The van der Waals surface area contributed by atoms with Crippen LogP contribution in [0.5, 0.6) is 0 Å². The largest absolute Gasteiger partial charge is 0.462 e. The maximum Gasteiger partial charge on any atom is 0.306 e. The molecule has 0 spiro atoms. The summed E-state index contributed by atoms with van der Waals surface area (Å²) < 4.78 is 16.9. The zero-order valence-corrected chi connectivity index (χ0v) is 47.0. The van der Waals surface area contributed by atoms with Gasteiger partial charge in [-0.25, -0.2) is 0 Å². The van der Waals surface area contributed by atoms with E-state index in [4.69, 9.17) is 14.2 Å². The Morgan fingerprint density at radius 1 is 0.296 bits per heavy atom. The quantitative estimate of drug-likeness (QED) is 0.0261. The summed E-state index contributed by atoms with van der Waals surface area (Å²) in [5.74, 6) is -0.870. The van der Waals surface area contributed by atoms with E-state index in [2.05, 4.69) is 93.7 Å². The fourth-order valence-electron chi connectivity index (χ4n) is 8.68. The number of rotatable bonds is 55. The lowest BCUT2D eigenvalue weighted by molar-refractivity contribution is -0.167. The molecule has 0 aliphatic heterocycles. The molecule has 0 N–H and O–H groups in total. The van der Waals surface area contributed by atoms with Crippen molar-refractivity contribution in [2.75, 3.05) is 13.2 Å². The average molecular weight is 992 g/mol. The lowest BCUT2D eigenvalue weighted by Gasteiger charge is -2.18. The molecule has 0 saturated carbocycles. The molecule has 0 fully saturated rings. The van der Waals surface area contributed by atoms with E-state index in [1.54, 1.807) is 0 Å². The Morgan fingerprint density at radius 3 is 0.859 bits per heavy atom. The Kier molecular flexibility index (Phi) is 56.8. The Morgan fingerprint density at radius 2 is 0.549 bits per heavy atom. The lowest BCUT2D eigenvalue weighted by atomic mass is 10.0. The van der Waals surface area contributed by atoms with Crippen molar-refractivity contribution in [3.63, 3.8) is 0 Å². The van der Waals surface area contributed by atoms with E-state index >= 15 is 0 Å². The Bertz CT molecular complexity index is 1320. The summed E-state index contributed by atoms with van der Waals surface area (Å²) in [5, 5.41) is 0. The van der Waals surface area contributed by atoms with Crippen molar-refractivity contribution in [2.24, 2.45) is 0 Å². The summed E-state index contributed by atoms with van der Waals surface area (Å²) in [5.41, 5.74) is 0. The van der Waals surface area contributed by atoms with Crippen LogP contribution in [0.3, 0.4) is 0 Å². The van der Waals surface area contributed by atoms with Crippen LogP contribution in [0.15, 0.2) is 72.9 Å². The van der Waals surface area contributed by atoms with Gasteiger partial charge < -0.3 is 14.2 Å². The van der Waals surface area contributed by atoms with Gasteiger partial charge in [0.1, 0.15) is 13.2 Å². The highest BCUT2D eigenvalue weighted by molar-refractivity contribution is 5.71. The van der Waals surface area contributed by atoms with Gasteiger partial charge in [0.25, 0.3) is 0 Å². The number of unbranched alkanes of at least 4 members (excludes halogenated alkanes) is 32. The van der Waals surface area contributed by atoms with E-state index in [9.17, 15) is 14.4 Å². The van der Waals surface area contributed by atoms with Gasteiger partial charge in [0, 0.05) is 19.3 Å². The van der Waals surface area contributed by atoms with Gasteiger partial charge in [-0.3, -0.25) is 14.4 Å². The normalized spacial score (nSPS) is 12.5. The van der Waals surface area contributed by atoms with E-state index < -0.39 is 6.10 Å². The van der Waals surface area contributed by atoms with Crippen LogP contribution >= 0.6 is 0 Å². The highest BCUT2D eigenvalue weighted by atomic mass is 16.6. The van der Waals surface area contributed by atoms with Crippen molar-refractivity contribution >= 4 is 17.9 Å². The topological polar surface area (TPSA) is 78.9 Å². The number of ether oxygens (including phenoxy) is 3. The molecule has 0 aliphatic carbocycles. The molecular formula is C65H114O6. The summed E-state index contributed by atoms with van der Waals surface area (Å²) >= 11 is 0. The zero-order valence-electron chi connectivity index (χ0n) is 47.0. The van der Waals surface area contributed by atoms with Crippen LogP contribution in [-0.4, -0.2) is 37.2 Å². The standard InChI is InChI=1S/C65H114O6/c1-4-7-10-13-16-19-22-24-26-28-29-30-31-32-33-34-35-36-37-38-40-41-43-46-49-52-55-58-64(67)70-61-62(60-69-63(66)57-54-51-48-45-21-18-15-12-9-6-3)71-65(68)59-56-53-50-47-44-42-39-27-25-23-20-17-14-11-8-5-2/h7,10,16,19,24,26,29-30,32-33,35-36,62H,4-6,8-9,11-15,17-18,20-23,25,27-28,31,34,37-61H2,1-3H3/b10-7-,19-16-,26-24-,30-29-,33-32-,36-35-. The van der Waals surface area contributed by atoms with E-state index in [0.717, 1.165) is 103 Å². The molecule has 0 aromatic rings. The van der Waals surface area contributed by atoms with Crippen molar-refractivity contribution in [3.8, 4) is 0 Å². The molecule has 0 aromatic heterocycles. The number of esters is 3. The molecule has 0 amide bonds. The Hall–Kier alpha value is -3.15. The second-order valence-corrected chi connectivity index (χ2v) is 20.2. The average Bonchev–Trinajstić information content (AvgIpc) is 3.37. The molecule has 0 bridgehead atoms. The van der Waals surface area contributed by atoms with Gasteiger partial charge in [-0.2, -0.15) is 0 Å². The first-order chi connectivity index (χ1) is 35.0. The van der Waals surface area contributed by atoms with Gasteiger partial charge in [-0.15, -0.1) is 0 Å². The fourth-order valence-corrected chi connectivity index (χ4v) is 8.68. The van der Waals surface area contributed by atoms with E-state index in [1.165, 1.54) is 161 Å². The summed E-state index contributed by atoms with van der Waals surface area (Å²) in [4.78, 5) is 38.1. The molecule has 0 radical (unpaired) electrons. The molecule has 1 atom stereocenters. The maximum atomic E-state index is 12.9. The molecule has 0 rings (SSSR count). The predicted octanol–water partition coefficient (Wildman–Crippen LogP) is 20.5. The minimum Gasteiger partial charge on any atom is -0.462 e. The third kappa shape index (κ3) is 57.6. The van der Waals surface area contributed by atoms with Gasteiger partial charge in [0.15, 0.2) is 6.10 Å². The van der Waals surface area contributed by atoms with Crippen molar-refractivity contribution in [1.82, 2.24) is 0 Å². The van der Waals surface area contributed by atoms with Crippen LogP contribution in [0.25, 0.3) is 0 Å².